The molecule has 0 saturated carbocycles. The Labute approximate surface area is 127 Å². The minimum Gasteiger partial charge on any atom is -0.342 e. The van der Waals surface area contributed by atoms with E-state index in [4.69, 9.17) is 0 Å². The van der Waals surface area contributed by atoms with E-state index in [1.54, 1.807) is 0 Å². The summed E-state index contributed by atoms with van der Waals surface area (Å²) in [5.41, 5.74) is 0. The first-order valence-electron chi connectivity index (χ1n) is 7.81. The second-order valence-corrected chi connectivity index (χ2v) is 8.28. The maximum atomic E-state index is 12.3. The second kappa shape index (κ2) is 7.07. The first-order valence-corrected chi connectivity index (χ1v) is 9.70. The molecule has 2 saturated heterocycles. The van der Waals surface area contributed by atoms with Crippen molar-refractivity contribution >= 4 is 15.9 Å². The number of likely N-dealkylation sites (tertiary alicyclic amines) is 2. The lowest BCUT2D eigenvalue weighted by Crippen LogP contribution is -2.49. The van der Waals surface area contributed by atoms with Crippen molar-refractivity contribution in [3.05, 3.63) is 0 Å². The van der Waals surface area contributed by atoms with Gasteiger partial charge in [-0.15, -0.1) is 0 Å². The molecule has 2 heterocycles. The minimum atomic E-state index is -3.13. The normalized spacial score (nSPS) is 23.4. The molecular formula is C14H27N3O3S. The van der Waals surface area contributed by atoms with Gasteiger partial charge in [0.25, 0.3) is 0 Å². The molecule has 0 radical (unpaired) electrons. The maximum Gasteiger partial charge on any atom is 0.236 e. The van der Waals surface area contributed by atoms with Crippen LogP contribution in [0.4, 0.5) is 0 Å². The van der Waals surface area contributed by atoms with E-state index in [0.717, 1.165) is 57.8 Å². The molecule has 2 aliphatic heterocycles. The molecule has 0 aliphatic carbocycles. The highest BCUT2D eigenvalue weighted by molar-refractivity contribution is 7.88. The third kappa shape index (κ3) is 5.56. The predicted octanol–water partition coefficient (Wildman–Crippen LogP) is 0.259. The predicted molar refractivity (Wildman–Crippen MR) is 82.4 cm³/mol. The van der Waals surface area contributed by atoms with Gasteiger partial charge < -0.3 is 4.90 Å². The number of piperidine rings is 2. The van der Waals surface area contributed by atoms with Crippen LogP contribution in [0.5, 0.6) is 0 Å². The molecule has 7 heteroatoms. The van der Waals surface area contributed by atoms with E-state index in [-0.39, 0.29) is 11.9 Å². The van der Waals surface area contributed by atoms with E-state index < -0.39 is 10.0 Å². The number of amides is 1. The van der Waals surface area contributed by atoms with Crippen LogP contribution in [0.3, 0.4) is 0 Å². The number of sulfonamides is 1. The van der Waals surface area contributed by atoms with Crippen LogP contribution in [0.2, 0.25) is 0 Å². The zero-order valence-electron chi connectivity index (χ0n) is 13.0. The summed E-state index contributed by atoms with van der Waals surface area (Å²) in [7, 11) is -3.13. The van der Waals surface area contributed by atoms with E-state index in [2.05, 4.69) is 16.5 Å². The van der Waals surface area contributed by atoms with Gasteiger partial charge >= 0.3 is 0 Å². The topological polar surface area (TPSA) is 69.7 Å². The summed E-state index contributed by atoms with van der Waals surface area (Å²) in [6.07, 6.45) is 4.95. The molecule has 2 fully saturated rings. The van der Waals surface area contributed by atoms with Gasteiger partial charge in [-0.25, -0.2) is 13.1 Å². The molecular weight excluding hydrogens is 290 g/mol. The first kappa shape index (κ1) is 16.7. The highest BCUT2D eigenvalue weighted by atomic mass is 32.2. The SMILES string of the molecule is CC1CCN(C(=O)CN2CCC(NS(C)(=O)=O)CC2)CC1. The Morgan fingerprint density at radius 2 is 1.67 bits per heavy atom. The number of nitrogens with one attached hydrogen (secondary N) is 1. The fourth-order valence-corrected chi connectivity index (χ4v) is 3.90. The van der Waals surface area contributed by atoms with Gasteiger partial charge in [-0.1, -0.05) is 6.92 Å². The summed E-state index contributed by atoms with van der Waals surface area (Å²) in [5, 5.41) is 0. The van der Waals surface area contributed by atoms with Crippen LogP contribution in [-0.4, -0.2) is 69.1 Å². The van der Waals surface area contributed by atoms with E-state index in [0.29, 0.717) is 6.54 Å². The lowest BCUT2D eigenvalue weighted by molar-refractivity contribution is -0.134. The molecule has 0 atom stereocenters. The zero-order chi connectivity index (χ0) is 15.5. The van der Waals surface area contributed by atoms with Crippen molar-refractivity contribution in [3.63, 3.8) is 0 Å². The third-order valence-electron chi connectivity index (χ3n) is 4.46. The average Bonchev–Trinajstić information content (AvgIpc) is 2.40. The zero-order valence-corrected chi connectivity index (χ0v) is 13.9. The number of carbonyl (C=O) groups is 1. The number of carbonyl (C=O) groups excluding carboxylic acids is 1. The highest BCUT2D eigenvalue weighted by Gasteiger charge is 2.25. The van der Waals surface area contributed by atoms with Crippen LogP contribution in [0.25, 0.3) is 0 Å². The van der Waals surface area contributed by atoms with Crippen LogP contribution in [0, 0.1) is 5.92 Å². The summed E-state index contributed by atoms with van der Waals surface area (Å²) in [5.74, 6) is 0.947. The molecule has 122 valence electrons. The molecule has 21 heavy (non-hydrogen) atoms. The Bertz CT molecular complexity index is 450. The lowest BCUT2D eigenvalue weighted by atomic mass is 9.99. The Morgan fingerprint density at radius 3 is 2.19 bits per heavy atom. The van der Waals surface area contributed by atoms with Gasteiger partial charge in [0.2, 0.25) is 15.9 Å². The minimum absolute atomic E-state index is 0.0159. The van der Waals surface area contributed by atoms with Crippen LogP contribution < -0.4 is 4.72 Å². The molecule has 2 aliphatic rings. The molecule has 0 aromatic heterocycles. The van der Waals surface area contributed by atoms with Crippen molar-refractivity contribution in [3.8, 4) is 0 Å². The Balaban J connectivity index is 1.72. The van der Waals surface area contributed by atoms with Crippen LogP contribution >= 0.6 is 0 Å². The first-order chi connectivity index (χ1) is 9.83. The van der Waals surface area contributed by atoms with Gasteiger partial charge in [0.05, 0.1) is 12.8 Å². The van der Waals surface area contributed by atoms with E-state index >= 15 is 0 Å². The largest absolute Gasteiger partial charge is 0.342 e. The fourth-order valence-electron chi connectivity index (χ4n) is 3.06. The van der Waals surface area contributed by atoms with Crippen molar-refractivity contribution < 1.29 is 13.2 Å². The van der Waals surface area contributed by atoms with Crippen molar-refractivity contribution in [2.45, 2.75) is 38.6 Å². The van der Waals surface area contributed by atoms with Gasteiger partial charge in [-0.2, -0.15) is 0 Å². The number of hydrogen-bond donors (Lipinski definition) is 1. The molecule has 2 rings (SSSR count). The lowest BCUT2D eigenvalue weighted by Gasteiger charge is -2.35. The van der Waals surface area contributed by atoms with Gasteiger partial charge in [0.1, 0.15) is 0 Å². The molecule has 0 aromatic rings. The van der Waals surface area contributed by atoms with E-state index in [1.165, 1.54) is 6.26 Å². The number of rotatable bonds is 4. The van der Waals surface area contributed by atoms with Gasteiger partial charge in [-0.3, -0.25) is 9.69 Å². The Morgan fingerprint density at radius 1 is 1.10 bits per heavy atom. The fraction of sp³-hybridized carbons (Fsp3) is 0.929. The van der Waals surface area contributed by atoms with Crippen LogP contribution in [-0.2, 0) is 14.8 Å². The van der Waals surface area contributed by atoms with Crippen LogP contribution in [0.1, 0.15) is 32.6 Å². The summed E-state index contributed by atoms with van der Waals surface area (Å²) in [6.45, 7) is 6.03. The molecule has 0 aromatic carbocycles. The number of hydrogen-bond acceptors (Lipinski definition) is 4. The standard InChI is InChI=1S/C14H27N3O3S/c1-12-3-9-17(10-4-12)14(18)11-16-7-5-13(6-8-16)15-21(2,19)20/h12-13,15H,3-11H2,1-2H3. The summed E-state index contributed by atoms with van der Waals surface area (Å²) in [6, 6.07) is 0.0159. The molecule has 0 unspecified atom stereocenters. The molecule has 1 amide bonds. The van der Waals surface area contributed by atoms with E-state index in [1.807, 2.05) is 4.90 Å². The van der Waals surface area contributed by atoms with Gasteiger partial charge in [0.15, 0.2) is 0 Å². The summed E-state index contributed by atoms with van der Waals surface area (Å²) in [4.78, 5) is 16.4. The summed E-state index contributed by atoms with van der Waals surface area (Å²) >= 11 is 0. The van der Waals surface area contributed by atoms with Gasteiger partial charge in [0, 0.05) is 32.2 Å². The van der Waals surface area contributed by atoms with Crippen molar-refractivity contribution in [1.82, 2.24) is 14.5 Å². The average molecular weight is 317 g/mol. The molecule has 0 spiro atoms. The van der Waals surface area contributed by atoms with Crippen LogP contribution in [0.15, 0.2) is 0 Å². The quantitative estimate of drug-likeness (QED) is 0.807. The van der Waals surface area contributed by atoms with Crippen molar-refractivity contribution in [2.24, 2.45) is 5.92 Å². The Hall–Kier alpha value is -0.660. The van der Waals surface area contributed by atoms with Crippen molar-refractivity contribution in [2.75, 3.05) is 39.0 Å². The molecule has 1 N–H and O–H groups in total. The van der Waals surface area contributed by atoms with Crippen molar-refractivity contribution in [1.29, 1.82) is 0 Å². The third-order valence-corrected chi connectivity index (χ3v) is 5.23. The van der Waals surface area contributed by atoms with Gasteiger partial charge in [-0.05, 0) is 31.6 Å². The smallest absolute Gasteiger partial charge is 0.236 e. The maximum absolute atomic E-state index is 12.3. The molecule has 6 nitrogen and oxygen atoms in total. The monoisotopic (exact) mass is 317 g/mol. The Kier molecular flexibility index (Phi) is 5.62. The highest BCUT2D eigenvalue weighted by Crippen LogP contribution is 2.17. The molecule has 0 bridgehead atoms. The van der Waals surface area contributed by atoms with E-state index in [9.17, 15) is 13.2 Å². The summed E-state index contributed by atoms with van der Waals surface area (Å²) < 4.78 is 25.1. The number of nitrogens with zero attached hydrogens (tertiary/aromatic N) is 2. The second-order valence-electron chi connectivity index (χ2n) is 6.50.